The highest BCUT2D eigenvalue weighted by Gasteiger charge is 2.46. The molecule has 0 atom stereocenters. The third-order valence-corrected chi connectivity index (χ3v) is 10.5. The van der Waals surface area contributed by atoms with Crippen LogP contribution in [0, 0.1) is 5.41 Å². The fourth-order valence-electron chi connectivity index (χ4n) is 6.02. The third-order valence-electron chi connectivity index (χ3n) is 10.5. The van der Waals surface area contributed by atoms with E-state index in [1.54, 1.807) is 14.2 Å². The van der Waals surface area contributed by atoms with Crippen molar-refractivity contribution in [2.24, 2.45) is 5.41 Å². The van der Waals surface area contributed by atoms with Crippen LogP contribution in [0.2, 0.25) is 0 Å². The van der Waals surface area contributed by atoms with E-state index in [9.17, 15) is 19.8 Å². The van der Waals surface area contributed by atoms with E-state index in [1.165, 1.54) is 0 Å². The summed E-state index contributed by atoms with van der Waals surface area (Å²) in [5, 5.41) is 19.6. The van der Waals surface area contributed by atoms with Gasteiger partial charge in [0.15, 0.2) is 5.41 Å². The molecule has 28 nitrogen and oxygen atoms in total. The molecule has 0 fully saturated rings. The quantitative estimate of drug-likeness (QED) is 0.0622. The maximum atomic E-state index is 12.1. The number of hydrogen-bond donors (Lipinski definition) is 2. The van der Waals surface area contributed by atoms with E-state index in [0.29, 0.717) is 264 Å². The van der Waals surface area contributed by atoms with Crippen LogP contribution in [0.15, 0.2) is 0 Å². The fourth-order valence-corrected chi connectivity index (χ4v) is 6.02. The van der Waals surface area contributed by atoms with Gasteiger partial charge in [0.05, 0.1) is 291 Å². The minimum Gasteiger partial charge on any atom is -0.480 e. The summed E-state index contributed by atoms with van der Waals surface area (Å²) >= 11 is 0. The predicted octanol–water partition coefficient (Wildman–Crippen LogP) is 0.580. The van der Waals surface area contributed by atoms with Crippen LogP contribution in [0.3, 0.4) is 0 Å². The van der Waals surface area contributed by atoms with Gasteiger partial charge in [-0.2, -0.15) is 0 Å². The normalized spacial score (nSPS) is 11.9. The molecular weight excluding hydrogens is 1080 g/mol. The molecule has 0 amide bonds. The summed E-state index contributed by atoms with van der Waals surface area (Å²) in [7, 11) is 3.27. The Morgan fingerprint density at radius 3 is 0.395 bits per heavy atom. The van der Waals surface area contributed by atoms with Crippen molar-refractivity contribution in [2.45, 2.75) is 12.8 Å². The fraction of sp³-hybridized carbons (Fsp3) is 0.962. The molecule has 0 aromatic carbocycles. The molecule has 0 aromatic rings. The van der Waals surface area contributed by atoms with Gasteiger partial charge in [-0.15, -0.1) is 0 Å². The first-order valence-electron chi connectivity index (χ1n) is 28.2. The lowest BCUT2D eigenvalue weighted by atomic mass is 9.81. The van der Waals surface area contributed by atoms with Crippen molar-refractivity contribution < 1.29 is 133 Å². The Morgan fingerprint density at radius 1 is 0.198 bits per heavy atom. The van der Waals surface area contributed by atoms with Gasteiger partial charge in [-0.1, -0.05) is 0 Å². The summed E-state index contributed by atoms with van der Waals surface area (Å²) in [4.78, 5) is 24.1. The highest BCUT2D eigenvalue weighted by Crippen LogP contribution is 2.28. The molecule has 0 aliphatic heterocycles. The first-order valence-corrected chi connectivity index (χ1v) is 28.2. The number of ether oxygens (including phenoxy) is 24. The average Bonchev–Trinajstić information content (AvgIpc) is 3.46. The van der Waals surface area contributed by atoms with Gasteiger partial charge in [0.25, 0.3) is 0 Å². The van der Waals surface area contributed by atoms with Crippen molar-refractivity contribution in [1.29, 1.82) is 0 Å². The first kappa shape index (κ1) is 79.0. The van der Waals surface area contributed by atoms with Gasteiger partial charge in [-0.3, -0.25) is 9.59 Å². The first-order chi connectivity index (χ1) is 40.0. The van der Waals surface area contributed by atoms with E-state index in [0.717, 1.165) is 0 Å². The van der Waals surface area contributed by atoms with Gasteiger partial charge in [-0.05, 0) is 12.8 Å². The van der Waals surface area contributed by atoms with Gasteiger partial charge >= 0.3 is 11.9 Å². The largest absolute Gasteiger partial charge is 0.480 e. The number of hydrogen-bond acceptors (Lipinski definition) is 26. The molecule has 0 aliphatic rings. The number of rotatable bonds is 74. The van der Waals surface area contributed by atoms with Gasteiger partial charge < -0.3 is 124 Å². The van der Waals surface area contributed by atoms with Crippen molar-refractivity contribution in [2.75, 3.05) is 318 Å². The van der Waals surface area contributed by atoms with Crippen LogP contribution in [-0.2, 0) is 123 Å². The lowest BCUT2D eigenvalue weighted by Crippen LogP contribution is -2.41. The van der Waals surface area contributed by atoms with Crippen LogP contribution in [-0.4, -0.2) is 340 Å². The Morgan fingerprint density at radius 2 is 0.296 bits per heavy atom. The molecular formula is C53H104O28. The Labute approximate surface area is 480 Å². The minimum atomic E-state index is -2.05. The molecule has 0 saturated heterocycles. The number of aliphatic carboxylic acids is 2. The molecule has 0 saturated carbocycles. The standard InChI is InChI=1S/C53H104O28/c1-58-7-9-62-15-17-66-23-25-70-31-33-74-39-41-78-47-49-80-45-43-76-37-35-72-29-27-68-21-19-64-13-11-60-5-3-53(51(54)55,52(56)57)4-6-61-12-14-65-20-22-69-28-30-73-36-38-77-44-46-81-50-48-79-42-40-75-34-32-71-26-24-67-18-16-63-10-8-59-2/h3-50H2,1-2H3,(H,54,55)(H,56,57). The van der Waals surface area contributed by atoms with E-state index < -0.39 is 17.4 Å². The zero-order valence-corrected chi connectivity index (χ0v) is 49.0. The number of carboxylic acid groups (broad SMARTS) is 2. The molecule has 0 radical (unpaired) electrons. The van der Waals surface area contributed by atoms with Crippen LogP contribution in [0.5, 0.6) is 0 Å². The zero-order valence-electron chi connectivity index (χ0n) is 49.0. The molecule has 0 aromatic heterocycles. The number of carbonyl (C=O) groups is 2. The summed E-state index contributed by atoms with van der Waals surface area (Å²) in [5.41, 5.74) is -2.05. The molecule has 28 heteroatoms. The Balaban J connectivity index is 3.47. The number of methoxy groups -OCH3 is 2. The van der Waals surface area contributed by atoms with Crippen molar-refractivity contribution in [3.63, 3.8) is 0 Å². The lowest BCUT2D eigenvalue weighted by molar-refractivity contribution is -0.168. The second-order valence-corrected chi connectivity index (χ2v) is 16.7. The second kappa shape index (κ2) is 68.8. The molecule has 0 rings (SSSR count). The third kappa shape index (κ3) is 60.9. The van der Waals surface area contributed by atoms with E-state index in [-0.39, 0.29) is 52.5 Å². The highest BCUT2D eigenvalue weighted by molar-refractivity contribution is 5.98. The van der Waals surface area contributed by atoms with E-state index in [1.807, 2.05) is 0 Å². The van der Waals surface area contributed by atoms with Crippen LogP contribution in [0.4, 0.5) is 0 Å². The van der Waals surface area contributed by atoms with Crippen LogP contribution < -0.4 is 0 Å². The molecule has 0 unspecified atom stereocenters. The molecule has 0 aliphatic carbocycles. The predicted molar refractivity (Wildman–Crippen MR) is 289 cm³/mol. The maximum absolute atomic E-state index is 12.1. The SMILES string of the molecule is COCCOCCOCCOCCOCCOCCOCCOCCOCCOCCOCCOCCC(CCOCCOCCOCCOCCOCCOCCOCCOCCOCCOCCOCCOC)(C(=O)O)C(=O)O. The topological polar surface area (TPSA) is 296 Å². The Kier molecular flexibility index (Phi) is 67.0. The van der Waals surface area contributed by atoms with Crippen LogP contribution in [0.25, 0.3) is 0 Å². The van der Waals surface area contributed by atoms with Crippen molar-refractivity contribution in [3.8, 4) is 0 Å². The van der Waals surface area contributed by atoms with Crippen molar-refractivity contribution in [1.82, 2.24) is 0 Å². The van der Waals surface area contributed by atoms with Gasteiger partial charge in [0.2, 0.25) is 0 Å². The molecule has 0 spiro atoms. The molecule has 0 heterocycles. The highest BCUT2D eigenvalue weighted by atomic mass is 16.6. The molecule has 484 valence electrons. The zero-order chi connectivity index (χ0) is 58.6. The lowest BCUT2D eigenvalue weighted by Gasteiger charge is -2.24. The number of carboxylic acids is 2. The molecule has 2 N–H and O–H groups in total. The summed E-state index contributed by atoms with van der Waals surface area (Å²) in [6.45, 7) is 19.2. The summed E-state index contributed by atoms with van der Waals surface area (Å²) < 4.78 is 130. The van der Waals surface area contributed by atoms with E-state index in [4.69, 9.17) is 114 Å². The smallest absolute Gasteiger partial charge is 0.321 e. The van der Waals surface area contributed by atoms with E-state index >= 15 is 0 Å². The van der Waals surface area contributed by atoms with E-state index in [2.05, 4.69) is 0 Å². The Bertz CT molecular complexity index is 1140. The maximum Gasteiger partial charge on any atom is 0.321 e. The average molecular weight is 1190 g/mol. The van der Waals surface area contributed by atoms with Gasteiger partial charge in [0, 0.05) is 27.4 Å². The van der Waals surface area contributed by atoms with Crippen molar-refractivity contribution in [3.05, 3.63) is 0 Å². The monoisotopic (exact) mass is 1190 g/mol. The van der Waals surface area contributed by atoms with Crippen LogP contribution >= 0.6 is 0 Å². The molecule has 81 heavy (non-hydrogen) atoms. The van der Waals surface area contributed by atoms with Gasteiger partial charge in [-0.25, -0.2) is 0 Å². The summed E-state index contributed by atoms with van der Waals surface area (Å²) in [6.07, 6.45) is -0.474. The summed E-state index contributed by atoms with van der Waals surface area (Å²) in [5.74, 6) is -2.91. The summed E-state index contributed by atoms with van der Waals surface area (Å²) in [6, 6.07) is 0. The Hall–Kier alpha value is -2.02. The molecule has 0 bridgehead atoms. The van der Waals surface area contributed by atoms with Gasteiger partial charge in [0.1, 0.15) is 0 Å². The van der Waals surface area contributed by atoms with Crippen molar-refractivity contribution >= 4 is 11.9 Å². The van der Waals surface area contributed by atoms with Crippen LogP contribution in [0.1, 0.15) is 12.8 Å². The second-order valence-electron chi connectivity index (χ2n) is 16.7. The minimum absolute atomic E-state index is 0.0832.